The Balaban J connectivity index is 1.50. The van der Waals surface area contributed by atoms with Gasteiger partial charge in [-0.05, 0) is 48.4 Å². The number of unbranched alkanes of at least 4 members (excludes halogenated alkanes) is 1. The average molecular weight is 365 g/mol. The van der Waals surface area contributed by atoms with E-state index in [4.69, 9.17) is 5.26 Å². The molecule has 1 aromatic heterocycles. The number of hydrogen-bond donors (Lipinski definition) is 0. The van der Waals surface area contributed by atoms with Crippen LogP contribution in [-0.2, 0) is 6.42 Å². The molecule has 4 heteroatoms. The Kier molecular flexibility index (Phi) is 6.92. The summed E-state index contributed by atoms with van der Waals surface area (Å²) in [6, 6.07) is 6.31. The standard InChI is InChI=1S/C23H28FN3/c1-2-3-4-17-5-7-18(8-6-17)9-10-19-15-26-23(27-16-19)20-11-12-21(14-25)22(24)13-20/h11-13,15-18H,2-10H2,1H3. The summed E-state index contributed by atoms with van der Waals surface area (Å²) in [5, 5.41) is 8.81. The summed E-state index contributed by atoms with van der Waals surface area (Å²) in [5.41, 5.74) is 1.78. The van der Waals surface area contributed by atoms with Crippen molar-refractivity contribution in [1.29, 1.82) is 5.26 Å². The van der Waals surface area contributed by atoms with Gasteiger partial charge in [-0.1, -0.05) is 51.9 Å². The maximum Gasteiger partial charge on any atom is 0.159 e. The molecule has 0 radical (unpaired) electrons. The fraction of sp³-hybridized carbons (Fsp3) is 0.522. The summed E-state index contributed by atoms with van der Waals surface area (Å²) in [6.45, 7) is 2.27. The molecule has 1 aliphatic carbocycles. The smallest absolute Gasteiger partial charge is 0.159 e. The minimum Gasteiger partial charge on any atom is -0.236 e. The highest BCUT2D eigenvalue weighted by atomic mass is 19.1. The van der Waals surface area contributed by atoms with Crippen molar-refractivity contribution in [1.82, 2.24) is 9.97 Å². The predicted octanol–water partition coefficient (Wildman–Crippen LogP) is 6.08. The molecule has 0 amide bonds. The zero-order chi connectivity index (χ0) is 19.1. The van der Waals surface area contributed by atoms with E-state index in [2.05, 4.69) is 16.9 Å². The maximum atomic E-state index is 13.8. The highest BCUT2D eigenvalue weighted by Gasteiger charge is 2.20. The Bertz CT molecular complexity index is 771. The molecule has 1 fully saturated rings. The highest BCUT2D eigenvalue weighted by molar-refractivity contribution is 5.56. The molecule has 1 saturated carbocycles. The molecule has 0 aliphatic heterocycles. The molecule has 3 nitrogen and oxygen atoms in total. The monoisotopic (exact) mass is 365 g/mol. The van der Waals surface area contributed by atoms with Gasteiger partial charge in [-0.2, -0.15) is 5.26 Å². The lowest BCUT2D eigenvalue weighted by Crippen LogP contribution is -2.15. The SMILES string of the molecule is CCCCC1CCC(CCc2cnc(-c3ccc(C#N)c(F)c3)nc2)CC1. The predicted molar refractivity (Wildman–Crippen MR) is 105 cm³/mol. The molecule has 27 heavy (non-hydrogen) atoms. The molecule has 1 heterocycles. The third-order valence-corrected chi connectivity index (χ3v) is 5.83. The molecule has 1 aromatic carbocycles. The summed E-state index contributed by atoms with van der Waals surface area (Å²) in [7, 11) is 0. The molecule has 0 saturated heterocycles. The van der Waals surface area contributed by atoms with Crippen LogP contribution < -0.4 is 0 Å². The third kappa shape index (κ3) is 5.35. The number of halogens is 1. The largest absolute Gasteiger partial charge is 0.236 e. The fourth-order valence-corrected chi connectivity index (χ4v) is 4.05. The van der Waals surface area contributed by atoms with Crippen LogP contribution in [0.5, 0.6) is 0 Å². The van der Waals surface area contributed by atoms with E-state index in [1.807, 2.05) is 18.5 Å². The molecule has 2 aromatic rings. The van der Waals surface area contributed by atoms with Crippen LogP contribution in [0.3, 0.4) is 0 Å². The third-order valence-electron chi connectivity index (χ3n) is 5.83. The van der Waals surface area contributed by atoms with Crippen LogP contribution in [0, 0.1) is 29.0 Å². The summed E-state index contributed by atoms with van der Waals surface area (Å²) >= 11 is 0. The van der Waals surface area contributed by atoms with Crippen LogP contribution in [0.1, 0.15) is 69.4 Å². The van der Waals surface area contributed by atoms with Gasteiger partial charge < -0.3 is 0 Å². The van der Waals surface area contributed by atoms with E-state index in [0.29, 0.717) is 11.4 Å². The summed E-state index contributed by atoms with van der Waals surface area (Å²) < 4.78 is 13.8. The second kappa shape index (κ2) is 9.60. The molecule has 0 unspecified atom stereocenters. The van der Waals surface area contributed by atoms with Crippen LogP contribution >= 0.6 is 0 Å². The van der Waals surface area contributed by atoms with E-state index in [1.54, 1.807) is 6.07 Å². The normalized spacial score (nSPS) is 19.6. The Morgan fingerprint density at radius 2 is 1.74 bits per heavy atom. The summed E-state index contributed by atoms with van der Waals surface area (Å²) in [6.07, 6.45) is 15.5. The van der Waals surface area contributed by atoms with Crippen LogP contribution in [0.15, 0.2) is 30.6 Å². The number of hydrogen-bond acceptors (Lipinski definition) is 3. The number of rotatable bonds is 7. The molecule has 0 atom stereocenters. The Morgan fingerprint density at radius 3 is 2.33 bits per heavy atom. The number of aryl methyl sites for hydroxylation is 1. The van der Waals surface area contributed by atoms with Gasteiger partial charge in [0.15, 0.2) is 5.82 Å². The van der Waals surface area contributed by atoms with Crippen molar-refractivity contribution in [2.24, 2.45) is 11.8 Å². The molecule has 1 aliphatic rings. The van der Waals surface area contributed by atoms with Crippen molar-refractivity contribution in [3.8, 4) is 17.5 Å². The van der Waals surface area contributed by atoms with Gasteiger partial charge >= 0.3 is 0 Å². The van der Waals surface area contributed by atoms with Crippen LogP contribution in [0.25, 0.3) is 11.4 Å². The minimum atomic E-state index is -0.530. The zero-order valence-corrected chi connectivity index (χ0v) is 16.1. The Labute approximate surface area is 161 Å². The lowest BCUT2D eigenvalue weighted by molar-refractivity contribution is 0.250. The Hall–Kier alpha value is -2.28. The number of nitrogens with zero attached hydrogens (tertiary/aromatic N) is 3. The molecule has 0 bridgehead atoms. The van der Waals surface area contributed by atoms with E-state index >= 15 is 0 Å². The molecular weight excluding hydrogens is 337 g/mol. The molecule has 0 N–H and O–H groups in total. The van der Waals surface area contributed by atoms with Gasteiger partial charge in [-0.25, -0.2) is 14.4 Å². The second-order valence-corrected chi connectivity index (χ2v) is 7.79. The molecule has 142 valence electrons. The number of benzene rings is 1. The Morgan fingerprint density at radius 1 is 1.07 bits per heavy atom. The van der Waals surface area contributed by atoms with E-state index in [0.717, 1.165) is 23.8 Å². The van der Waals surface area contributed by atoms with E-state index < -0.39 is 5.82 Å². The first-order valence-electron chi connectivity index (χ1n) is 10.2. The first kappa shape index (κ1) is 19.5. The lowest BCUT2D eigenvalue weighted by atomic mass is 9.78. The highest BCUT2D eigenvalue weighted by Crippen LogP contribution is 2.34. The first-order chi connectivity index (χ1) is 13.2. The van der Waals surface area contributed by atoms with E-state index in [-0.39, 0.29) is 5.56 Å². The van der Waals surface area contributed by atoms with E-state index in [1.165, 1.54) is 63.5 Å². The van der Waals surface area contributed by atoms with Gasteiger partial charge in [0.05, 0.1) is 5.56 Å². The van der Waals surface area contributed by atoms with Crippen molar-refractivity contribution >= 4 is 0 Å². The average Bonchev–Trinajstić information content (AvgIpc) is 2.72. The van der Waals surface area contributed by atoms with E-state index in [9.17, 15) is 4.39 Å². The van der Waals surface area contributed by atoms with Gasteiger partial charge in [0.1, 0.15) is 11.9 Å². The van der Waals surface area contributed by atoms with Gasteiger partial charge in [-0.3, -0.25) is 0 Å². The fourth-order valence-electron chi connectivity index (χ4n) is 4.05. The quantitative estimate of drug-likeness (QED) is 0.597. The van der Waals surface area contributed by atoms with Crippen LogP contribution in [0.4, 0.5) is 4.39 Å². The molecule has 3 rings (SSSR count). The van der Waals surface area contributed by atoms with Crippen molar-refractivity contribution in [2.45, 2.75) is 64.7 Å². The molecular formula is C23H28FN3. The maximum absolute atomic E-state index is 13.8. The summed E-state index contributed by atoms with van der Waals surface area (Å²) in [5.74, 6) is 1.75. The van der Waals surface area contributed by atoms with Crippen molar-refractivity contribution in [2.75, 3.05) is 0 Å². The van der Waals surface area contributed by atoms with Gasteiger partial charge in [-0.15, -0.1) is 0 Å². The molecule has 0 spiro atoms. The zero-order valence-electron chi connectivity index (χ0n) is 16.1. The topological polar surface area (TPSA) is 49.6 Å². The second-order valence-electron chi connectivity index (χ2n) is 7.79. The van der Waals surface area contributed by atoms with Crippen LogP contribution in [-0.4, -0.2) is 9.97 Å². The lowest BCUT2D eigenvalue weighted by Gasteiger charge is -2.28. The van der Waals surface area contributed by atoms with Gasteiger partial charge in [0, 0.05) is 18.0 Å². The van der Waals surface area contributed by atoms with Crippen molar-refractivity contribution in [3.63, 3.8) is 0 Å². The summed E-state index contributed by atoms with van der Waals surface area (Å²) in [4.78, 5) is 8.79. The first-order valence-corrected chi connectivity index (χ1v) is 10.2. The van der Waals surface area contributed by atoms with Crippen LogP contribution in [0.2, 0.25) is 0 Å². The van der Waals surface area contributed by atoms with Crippen molar-refractivity contribution in [3.05, 3.63) is 47.5 Å². The van der Waals surface area contributed by atoms with Gasteiger partial charge in [0.2, 0.25) is 0 Å². The number of nitriles is 1. The minimum absolute atomic E-state index is 0.0415. The number of aromatic nitrogens is 2. The van der Waals surface area contributed by atoms with Crippen molar-refractivity contribution < 1.29 is 4.39 Å². The van der Waals surface area contributed by atoms with Gasteiger partial charge in [0.25, 0.3) is 0 Å².